The molecule has 0 fully saturated rings. The van der Waals surface area contributed by atoms with Crippen molar-refractivity contribution in [2.75, 3.05) is 7.11 Å². The van der Waals surface area contributed by atoms with Gasteiger partial charge in [-0.05, 0) is 18.2 Å². The molecule has 1 aromatic carbocycles. The van der Waals surface area contributed by atoms with Crippen LogP contribution in [0.25, 0.3) is 0 Å². The number of rotatable bonds is 4. The van der Waals surface area contributed by atoms with E-state index in [4.69, 9.17) is 4.74 Å². The van der Waals surface area contributed by atoms with Gasteiger partial charge in [0.05, 0.1) is 12.0 Å². The third kappa shape index (κ3) is 2.89. The number of aromatic hydroxyl groups is 1. The lowest BCUT2D eigenvalue weighted by Gasteiger charge is -2.04. The van der Waals surface area contributed by atoms with Gasteiger partial charge in [0.25, 0.3) is 0 Å². The van der Waals surface area contributed by atoms with E-state index in [1.54, 1.807) is 24.4 Å². The van der Waals surface area contributed by atoms with Crippen LogP contribution >= 0.6 is 0 Å². The van der Waals surface area contributed by atoms with Crippen LogP contribution in [-0.2, 0) is 0 Å². The van der Waals surface area contributed by atoms with Crippen LogP contribution in [0.2, 0.25) is 0 Å². The normalized spacial score (nSPS) is 10.7. The highest BCUT2D eigenvalue weighted by Crippen LogP contribution is 2.36. The molecule has 0 atom stereocenters. The van der Waals surface area contributed by atoms with Crippen molar-refractivity contribution < 1.29 is 14.8 Å². The van der Waals surface area contributed by atoms with Crippen molar-refractivity contribution in [1.29, 1.82) is 0 Å². The van der Waals surface area contributed by atoms with Crippen molar-refractivity contribution in [3.05, 3.63) is 52.2 Å². The van der Waals surface area contributed by atoms with Crippen LogP contribution < -0.4 is 4.74 Å². The summed E-state index contributed by atoms with van der Waals surface area (Å²) in [5.41, 5.74) is -0.0103. The van der Waals surface area contributed by atoms with E-state index in [9.17, 15) is 15.2 Å². The van der Waals surface area contributed by atoms with Crippen LogP contribution in [0, 0.1) is 10.1 Å². The van der Waals surface area contributed by atoms with Gasteiger partial charge in [-0.25, -0.2) is 9.98 Å². The number of methoxy groups -OCH3 is 1. The minimum atomic E-state index is -0.685. The number of aliphatic imine (C=N–C) groups is 1. The molecular weight excluding hydrogens is 262 g/mol. The molecule has 0 unspecified atom stereocenters. The van der Waals surface area contributed by atoms with Crippen molar-refractivity contribution >= 4 is 17.7 Å². The van der Waals surface area contributed by atoms with E-state index < -0.39 is 16.4 Å². The molecule has 0 spiro atoms. The number of phenols is 1. The molecule has 1 aromatic heterocycles. The van der Waals surface area contributed by atoms with E-state index in [2.05, 4.69) is 9.98 Å². The Labute approximate surface area is 114 Å². The Kier molecular flexibility index (Phi) is 3.90. The van der Waals surface area contributed by atoms with Crippen LogP contribution in [0.4, 0.5) is 11.5 Å². The van der Waals surface area contributed by atoms with Gasteiger partial charge >= 0.3 is 5.69 Å². The molecule has 0 aliphatic rings. The van der Waals surface area contributed by atoms with Gasteiger partial charge in [0.2, 0.25) is 5.75 Å². The number of nitrogens with zero attached hydrogens (tertiary/aromatic N) is 3. The topological polar surface area (TPSA) is 97.9 Å². The van der Waals surface area contributed by atoms with E-state index in [0.717, 1.165) is 0 Å². The smallest absolute Gasteiger partial charge is 0.315 e. The van der Waals surface area contributed by atoms with Crippen LogP contribution in [0.3, 0.4) is 0 Å². The Balaban J connectivity index is 2.40. The number of benzene rings is 1. The Morgan fingerprint density at radius 2 is 2.25 bits per heavy atom. The first kappa shape index (κ1) is 13.5. The number of nitro benzene ring substituents is 1. The SMILES string of the molecule is COc1cc(C=Nc2ccccn2)cc([N+](=O)[O-])c1O. The van der Waals surface area contributed by atoms with Gasteiger partial charge < -0.3 is 9.84 Å². The molecule has 0 saturated heterocycles. The molecule has 0 aliphatic carbocycles. The van der Waals surface area contributed by atoms with Gasteiger partial charge in [0, 0.05) is 24.0 Å². The second kappa shape index (κ2) is 5.79. The second-order valence-corrected chi connectivity index (χ2v) is 3.79. The zero-order chi connectivity index (χ0) is 14.5. The number of hydrogen-bond acceptors (Lipinski definition) is 6. The molecule has 0 radical (unpaired) electrons. The van der Waals surface area contributed by atoms with Crippen molar-refractivity contribution in [1.82, 2.24) is 4.98 Å². The summed E-state index contributed by atoms with van der Waals surface area (Å²) in [6.45, 7) is 0. The lowest BCUT2D eigenvalue weighted by Crippen LogP contribution is -1.94. The first-order valence-electron chi connectivity index (χ1n) is 5.62. The number of hydrogen-bond donors (Lipinski definition) is 1. The van der Waals surface area contributed by atoms with Gasteiger partial charge in [-0.15, -0.1) is 0 Å². The van der Waals surface area contributed by atoms with E-state index >= 15 is 0 Å². The average molecular weight is 273 g/mol. The first-order chi connectivity index (χ1) is 9.61. The highest BCUT2D eigenvalue weighted by Gasteiger charge is 2.19. The summed E-state index contributed by atoms with van der Waals surface area (Å²) in [7, 11) is 1.32. The molecule has 0 aliphatic heterocycles. The fraction of sp³-hybridized carbons (Fsp3) is 0.0769. The Morgan fingerprint density at radius 3 is 2.85 bits per heavy atom. The van der Waals surface area contributed by atoms with Gasteiger partial charge in [0.15, 0.2) is 11.6 Å². The summed E-state index contributed by atoms with van der Waals surface area (Å²) in [4.78, 5) is 18.3. The van der Waals surface area contributed by atoms with Crippen LogP contribution in [0.1, 0.15) is 5.56 Å². The molecule has 0 amide bonds. The summed E-state index contributed by atoms with van der Waals surface area (Å²) in [6.07, 6.45) is 3.00. The van der Waals surface area contributed by atoms with Crippen molar-refractivity contribution in [3.8, 4) is 11.5 Å². The molecule has 102 valence electrons. The third-order valence-corrected chi connectivity index (χ3v) is 2.49. The molecule has 2 aromatic rings. The van der Waals surface area contributed by atoms with Crippen molar-refractivity contribution in [3.63, 3.8) is 0 Å². The maximum atomic E-state index is 10.8. The number of aromatic nitrogens is 1. The predicted molar refractivity (Wildman–Crippen MR) is 72.8 cm³/mol. The lowest BCUT2D eigenvalue weighted by atomic mass is 10.2. The standard InChI is InChI=1S/C13H11N3O4/c1-20-11-7-9(6-10(13(11)17)16(18)19)8-15-12-4-2-3-5-14-12/h2-8,17H,1H3. The highest BCUT2D eigenvalue weighted by atomic mass is 16.6. The molecule has 7 nitrogen and oxygen atoms in total. The van der Waals surface area contributed by atoms with Crippen molar-refractivity contribution in [2.24, 2.45) is 4.99 Å². The monoisotopic (exact) mass is 273 g/mol. The fourth-order valence-corrected chi connectivity index (χ4v) is 1.55. The fourth-order valence-electron chi connectivity index (χ4n) is 1.55. The summed E-state index contributed by atoms with van der Waals surface area (Å²) < 4.78 is 4.90. The predicted octanol–water partition coefficient (Wildman–Crippen LogP) is 2.45. The summed E-state index contributed by atoms with van der Waals surface area (Å²) in [6, 6.07) is 7.90. The summed E-state index contributed by atoms with van der Waals surface area (Å²) in [5, 5.41) is 20.5. The lowest BCUT2D eigenvalue weighted by molar-refractivity contribution is -0.386. The Morgan fingerprint density at radius 1 is 1.45 bits per heavy atom. The number of ether oxygens (including phenoxy) is 1. The van der Waals surface area contributed by atoms with Crippen LogP contribution in [-0.4, -0.2) is 28.3 Å². The van der Waals surface area contributed by atoms with E-state index in [0.29, 0.717) is 11.4 Å². The molecule has 1 heterocycles. The van der Waals surface area contributed by atoms with E-state index in [-0.39, 0.29) is 5.75 Å². The van der Waals surface area contributed by atoms with Crippen molar-refractivity contribution in [2.45, 2.75) is 0 Å². The zero-order valence-electron chi connectivity index (χ0n) is 10.6. The third-order valence-electron chi connectivity index (χ3n) is 2.49. The second-order valence-electron chi connectivity index (χ2n) is 3.79. The van der Waals surface area contributed by atoms with Crippen LogP contribution in [0.5, 0.6) is 11.5 Å². The Bertz CT molecular complexity index is 656. The van der Waals surface area contributed by atoms with E-state index in [1.165, 1.54) is 25.5 Å². The van der Waals surface area contributed by atoms with Crippen LogP contribution in [0.15, 0.2) is 41.5 Å². The molecule has 7 heteroatoms. The Hall–Kier alpha value is -2.96. The number of pyridine rings is 1. The summed E-state index contributed by atoms with van der Waals surface area (Å²) in [5.74, 6) is -0.0173. The molecule has 1 N–H and O–H groups in total. The van der Waals surface area contributed by atoms with Gasteiger partial charge in [-0.2, -0.15) is 0 Å². The molecule has 0 bridgehead atoms. The quantitative estimate of drug-likeness (QED) is 0.524. The van der Waals surface area contributed by atoms with E-state index in [1.807, 2.05) is 0 Å². The maximum absolute atomic E-state index is 10.8. The van der Waals surface area contributed by atoms with Gasteiger partial charge in [-0.1, -0.05) is 6.07 Å². The van der Waals surface area contributed by atoms with Gasteiger partial charge in [-0.3, -0.25) is 10.1 Å². The maximum Gasteiger partial charge on any atom is 0.315 e. The molecule has 2 rings (SSSR count). The minimum absolute atomic E-state index is 0.0154. The first-order valence-corrected chi connectivity index (χ1v) is 5.62. The summed E-state index contributed by atoms with van der Waals surface area (Å²) >= 11 is 0. The molecular formula is C13H11N3O4. The zero-order valence-corrected chi connectivity index (χ0v) is 10.6. The highest BCUT2D eigenvalue weighted by molar-refractivity contribution is 5.84. The largest absolute Gasteiger partial charge is 0.500 e. The minimum Gasteiger partial charge on any atom is -0.500 e. The van der Waals surface area contributed by atoms with Gasteiger partial charge in [0.1, 0.15) is 0 Å². The molecule has 20 heavy (non-hydrogen) atoms. The number of nitro groups is 1. The average Bonchev–Trinajstić information content (AvgIpc) is 2.47. The number of phenolic OH excluding ortho intramolecular Hbond substituents is 1. The molecule has 0 saturated carbocycles.